The molecular weight excluding hydrogens is 338 g/mol. The lowest BCUT2D eigenvalue weighted by atomic mass is 10.0. The molecule has 9 heteroatoms. The molecule has 1 heterocycles. The summed E-state index contributed by atoms with van der Waals surface area (Å²) in [5.41, 5.74) is 1.37. The van der Waals surface area contributed by atoms with Crippen LogP contribution in [0.3, 0.4) is 0 Å². The summed E-state index contributed by atoms with van der Waals surface area (Å²) >= 11 is 0. The fourth-order valence-electron chi connectivity index (χ4n) is 1.82. The summed E-state index contributed by atoms with van der Waals surface area (Å²) in [6, 6.07) is 6.92. The van der Waals surface area contributed by atoms with Crippen LogP contribution in [-0.2, 0) is 19.1 Å². The Morgan fingerprint density at radius 2 is 2.04 bits per heavy atom. The van der Waals surface area contributed by atoms with E-state index in [9.17, 15) is 14.4 Å². The van der Waals surface area contributed by atoms with Crippen molar-refractivity contribution >= 4 is 44.0 Å². The van der Waals surface area contributed by atoms with Crippen molar-refractivity contribution in [2.75, 3.05) is 12.4 Å². The van der Waals surface area contributed by atoms with E-state index in [-0.39, 0.29) is 9.81 Å². The molecule has 2 aromatic rings. The summed E-state index contributed by atoms with van der Waals surface area (Å²) in [6.07, 6.45) is 0. The predicted octanol–water partition coefficient (Wildman–Crippen LogP) is 1.46. The van der Waals surface area contributed by atoms with Gasteiger partial charge in [0.1, 0.15) is 5.01 Å². The maximum atomic E-state index is 12.3. The van der Waals surface area contributed by atoms with E-state index in [0.29, 0.717) is 5.69 Å². The molecule has 1 unspecified atom stereocenters. The van der Waals surface area contributed by atoms with E-state index >= 15 is 0 Å². The Morgan fingerprint density at radius 1 is 1.30 bits per heavy atom. The summed E-state index contributed by atoms with van der Waals surface area (Å²) in [4.78, 5) is 40.1. The maximum absolute atomic E-state index is 12.3. The van der Waals surface area contributed by atoms with Crippen LogP contribution in [0.2, 0.25) is 0 Å². The number of aromatic nitrogens is 1. The Hall–Kier alpha value is -2.39. The molecular formula is C14H13N3O4S2. The molecule has 0 aliphatic rings. The first-order valence-corrected chi connectivity index (χ1v) is 8.58. The third-order valence-electron chi connectivity index (χ3n) is 2.86. The number of Topliss-reactive ketones (excluding diaryl/α,β-unsaturated/α-hetero) is 1. The summed E-state index contributed by atoms with van der Waals surface area (Å²) in [6.45, 7) is 1.85. The Bertz CT molecular complexity index is 812. The monoisotopic (exact) mass is 351 g/mol. The molecule has 0 saturated carbocycles. The van der Waals surface area contributed by atoms with Crippen molar-refractivity contribution in [1.82, 2.24) is 4.98 Å². The lowest BCUT2D eigenvalue weighted by molar-refractivity contribution is -0.148. The van der Waals surface area contributed by atoms with Crippen LogP contribution >= 0.6 is 20.7 Å². The molecule has 2 rings (SSSR count). The molecule has 23 heavy (non-hydrogen) atoms. The van der Waals surface area contributed by atoms with Crippen LogP contribution in [-0.4, -0.2) is 29.8 Å². The molecule has 1 atom stereocenters. The van der Waals surface area contributed by atoms with Crippen LogP contribution in [0.5, 0.6) is 0 Å². The van der Waals surface area contributed by atoms with Crippen LogP contribution in [0, 0.1) is 12.3 Å². The number of benzene rings is 1. The zero-order valence-corrected chi connectivity index (χ0v) is 13.9. The first-order chi connectivity index (χ1) is 10.9. The van der Waals surface area contributed by atoms with Crippen LogP contribution in [0.1, 0.15) is 16.5 Å². The fraction of sp³-hybridized carbons (Fsp3) is 0.214. The van der Waals surface area contributed by atoms with Gasteiger partial charge in [0.25, 0.3) is 5.91 Å². The molecule has 7 nitrogen and oxygen atoms in total. The van der Waals surface area contributed by atoms with E-state index in [4.69, 9.17) is 5.41 Å². The zero-order chi connectivity index (χ0) is 17.0. The molecule has 1 amide bonds. The number of carbonyl (C=O) groups is 3. The smallest absolute Gasteiger partial charge is 0.323 e. The number of carbonyl (C=O) groups excluding carboxylic acids is 3. The Labute approximate surface area is 138 Å². The molecule has 0 aliphatic heterocycles. The highest BCUT2D eigenvalue weighted by Crippen LogP contribution is 2.22. The van der Waals surface area contributed by atoms with Gasteiger partial charge in [-0.25, -0.2) is 4.98 Å². The summed E-state index contributed by atoms with van der Waals surface area (Å²) in [7, 11) is 3.12. The third kappa shape index (κ3) is 4.08. The SMILES string of the molecule is COC(=O)C(C(=O)C(=O)Nc1cccc(C)c1)c1nc(=N)ss1. The molecule has 0 radical (unpaired) electrons. The van der Waals surface area contributed by atoms with E-state index < -0.39 is 23.6 Å². The van der Waals surface area contributed by atoms with Crippen molar-refractivity contribution in [3.8, 4) is 0 Å². The minimum absolute atomic E-state index is 0.0363. The molecule has 1 aromatic heterocycles. The Kier molecular flexibility index (Phi) is 5.35. The van der Waals surface area contributed by atoms with Gasteiger partial charge >= 0.3 is 5.97 Å². The molecule has 1 aromatic carbocycles. The minimum atomic E-state index is -1.45. The largest absolute Gasteiger partial charge is 0.468 e. The highest BCUT2D eigenvalue weighted by atomic mass is 32.9. The van der Waals surface area contributed by atoms with Crippen molar-refractivity contribution in [2.45, 2.75) is 12.8 Å². The third-order valence-corrected chi connectivity index (χ3v) is 4.93. The topological polar surface area (TPSA) is 109 Å². The van der Waals surface area contributed by atoms with Gasteiger partial charge in [-0.1, -0.05) is 22.5 Å². The van der Waals surface area contributed by atoms with Gasteiger partial charge in [0.2, 0.25) is 10.6 Å². The summed E-state index contributed by atoms with van der Waals surface area (Å²) in [5, 5.41) is 9.95. The van der Waals surface area contributed by atoms with Crippen molar-refractivity contribution in [3.63, 3.8) is 0 Å². The number of amides is 1. The first-order valence-electron chi connectivity index (χ1n) is 6.43. The van der Waals surface area contributed by atoms with Gasteiger partial charge in [-0.15, -0.1) is 0 Å². The van der Waals surface area contributed by atoms with Gasteiger partial charge in [0.15, 0.2) is 5.92 Å². The number of methoxy groups -OCH3 is 1. The van der Waals surface area contributed by atoms with Gasteiger partial charge in [0, 0.05) is 5.69 Å². The molecule has 0 aliphatic carbocycles. The number of aryl methyl sites for hydroxylation is 1. The van der Waals surface area contributed by atoms with E-state index in [2.05, 4.69) is 15.0 Å². The van der Waals surface area contributed by atoms with E-state index in [1.165, 1.54) is 0 Å². The minimum Gasteiger partial charge on any atom is -0.468 e. The van der Waals surface area contributed by atoms with E-state index in [1.54, 1.807) is 18.2 Å². The van der Waals surface area contributed by atoms with Crippen molar-refractivity contribution in [1.29, 1.82) is 5.41 Å². The average molecular weight is 351 g/mol. The number of hydrogen-bond acceptors (Lipinski definition) is 8. The lowest BCUT2D eigenvalue weighted by Gasteiger charge is -2.11. The number of ether oxygens (including phenoxy) is 1. The molecule has 0 saturated heterocycles. The standard InChI is InChI=1S/C14H13N3O4S2/c1-7-4-3-5-8(6-7)16-11(19)10(18)9(13(20)21-2)12-17-14(15)23-22-12/h3-6,9,15H,1-2H3,(H,16,19). The maximum Gasteiger partial charge on any atom is 0.323 e. The molecule has 0 spiro atoms. The molecule has 2 N–H and O–H groups in total. The normalized spacial score (nSPS) is 11.6. The quantitative estimate of drug-likeness (QED) is 0.367. The van der Waals surface area contributed by atoms with Gasteiger partial charge in [0.05, 0.1) is 7.11 Å². The second-order valence-corrected chi connectivity index (χ2v) is 6.70. The van der Waals surface area contributed by atoms with Crippen LogP contribution < -0.4 is 10.1 Å². The lowest BCUT2D eigenvalue weighted by Crippen LogP contribution is -2.33. The second kappa shape index (κ2) is 7.25. The highest BCUT2D eigenvalue weighted by Gasteiger charge is 2.36. The number of hydrogen-bond donors (Lipinski definition) is 2. The van der Waals surface area contributed by atoms with E-state index in [0.717, 1.165) is 33.4 Å². The first kappa shape index (κ1) is 17.0. The Balaban J connectivity index is 2.24. The number of ketones is 1. The fourth-order valence-corrected chi connectivity index (χ4v) is 3.61. The van der Waals surface area contributed by atoms with E-state index in [1.807, 2.05) is 13.0 Å². The van der Waals surface area contributed by atoms with Gasteiger partial charge < -0.3 is 10.1 Å². The molecule has 0 fully saturated rings. The molecule has 120 valence electrons. The highest BCUT2D eigenvalue weighted by molar-refractivity contribution is 7.68. The van der Waals surface area contributed by atoms with Gasteiger partial charge in [-0.3, -0.25) is 19.8 Å². The van der Waals surface area contributed by atoms with Crippen molar-refractivity contribution in [2.24, 2.45) is 0 Å². The second-order valence-electron chi connectivity index (χ2n) is 4.57. The number of nitrogens with zero attached hydrogens (tertiary/aromatic N) is 1. The van der Waals surface area contributed by atoms with Crippen LogP contribution in [0.4, 0.5) is 5.69 Å². The van der Waals surface area contributed by atoms with Gasteiger partial charge in [-0.2, -0.15) is 0 Å². The summed E-state index contributed by atoms with van der Waals surface area (Å²) < 4.78 is 4.59. The zero-order valence-electron chi connectivity index (χ0n) is 12.3. The number of nitrogens with one attached hydrogen (secondary N) is 2. The van der Waals surface area contributed by atoms with Crippen LogP contribution in [0.15, 0.2) is 24.3 Å². The Morgan fingerprint density at radius 3 is 2.61 bits per heavy atom. The number of anilines is 1. The van der Waals surface area contributed by atoms with Crippen LogP contribution in [0.25, 0.3) is 0 Å². The number of esters is 1. The predicted molar refractivity (Wildman–Crippen MR) is 85.4 cm³/mol. The summed E-state index contributed by atoms with van der Waals surface area (Å²) in [5.74, 6) is -4.24. The number of rotatable bonds is 5. The van der Waals surface area contributed by atoms with Crippen molar-refractivity contribution in [3.05, 3.63) is 39.6 Å². The van der Waals surface area contributed by atoms with Crippen molar-refractivity contribution < 1.29 is 19.1 Å². The molecule has 0 bridgehead atoms. The van der Waals surface area contributed by atoms with Gasteiger partial charge in [-0.05, 0) is 35.0 Å². The average Bonchev–Trinajstić information content (AvgIpc) is 2.93.